The van der Waals surface area contributed by atoms with E-state index in [9.17, 15) is 5.11 Å². The van der Waals surface area contributed by atoms with Crippen LogP contribution in [0.4, 0.5) is 11.6 Å². The maximum Gasteiger partial charge on any atom is 0.172 e. The molecule has 6 heterocycles. The van der Waals surface area contributed by atoms with Crippen LogP contribution in [0.5, 0.6) is 5.75 Å². The third-order valence-corrected chi connectivity index (χ3v) is 8.63. The highest BCUT2D eigenvalue weighted by Crippen LogP contribution is 2.44. The first-order valence-corrected chi connectivity index (χ1v) is 13.0. The van der Waals surface area contributed by atoms with Crippen LogP contribution in [0.3, 0.4) is 0 Å². The number of ether oxygens (including phenoxy) is 3. The van der Waals surface area contributed by atoms with E-state index in [0.29, 0.717) is 30.0 Å². The number of anilines is 2. The predicted molar refractivity (Wildman–Crippen MR) is 135 cm³/mol. The van der Waals surface area contributed by atoms with Crippen LogP contribution < -0.4 is 20.3 Å². The number of fused-ring (bicyclic) bond motifs is 3. The molecule has 2 aromatic heterocycles. The van der Waals surface area contributed by atoms with Crippen molar-refractivity contribution in [1.29, 1.82) is 0 Å². The number of hydrogen-bond acceptors (Lipinski definition) is 10. The zero-order valence-corrected chi connectivity index (χ0v) is 21.1. The van der Waals surface area contributed by atoms with Crippen LogP contribution in [0.1, 0.15) is 31.9 Å². The van der Waals surface area contributed by atoms with Gasteiger partial charge in [0.2, 0.25) is 0 Å². The van der Waals surface area contributed by atoms with Gasteiger partial charge in [-0.3, -0.25) is 0 Å². The van der Waals surface area contributed by atoms with Crippen LogP contribution >= 0.6 is 0 Å². The van der Waals surface area contributed by atoms with E-state index in [1.54, 1.807) is 19.5 Å². The second-order valence-corrected chi connectivity index (χ2v) is 10.8. The topological polar surface area (TPSA) is 119 Å². The number of piperidine rings is 1. The van der Waals surface area contributed by atoms with Gasteiger partial charge in [0.15, 0.2) is 17.4 Å². The van der Waals surface area contributed by atoms with Crippen LogP contribution in [0.15, 0.2) is 18.5 Å². The SMILES string of the molecule is COCC1CC2COc3c(-c4cnc(N5CCC6(CC5)CO[C@@H](C)[C@H]6N)c(CO)n4)ccnc3N2C1. The maximum atomic E-state index is 10.2. The standard InChI is InChI=1S/C26H36N6O4/c1-16-23(27)26(15-36-16)4-7-31(8-5-26)24-21(12-33)30-20(10-29-24)19-3-6-28-25-22(19)35-14-18-9-17(13-34-2)11-32(18)25/h3,6,10,16-18,23,33H,4-5,7-9,11-15,27H2,1-2H3/t16-,17?,18?,23+/m0/s1. The van der Waals surface area contributed by atoms with Crippen molar-refractivity contribution in [2.24, 2.45) is 17.1 Å². The average Bonchev–Trinajstić information content (AvgIpc) is 3.45. The summed E-state index contributed by atoms with van der Waals surface area (Å²) in [5.41, 5.74) is 8.62. The lowest BCUT2D eigenvalue weighted by atomic mass is 9.73. The molecule has 6 rings (SSSR count). The fourth-order valence-corrected chi connectivity index (χ4v) is 6.51. The van der Waals surface area contributed by atoms with Gasteiger partial charge in [-0.1, -0.05) is 0 Å². The Bertz CT molecular complexity index is 1110. The Morgan fingerprint density at radius 3 is 2.81 bits per heavy atom. The van der Waals surface area contributed by atoms with Gasteiger partial charge in [-0.15, -0.1) is 0 Å². The molecular formula is C26H36N6O4. The number of nitrogens with two attached hydrogens (primary N) is 1. The number of aliphatic hydroxyl groups is 1. The molecule has 2 aromatic rings. The molecule has 1 spiro atoms. The molecule has 3 saturated heterocycles. The minimum absolute atomic E-state index is 0.0335. The van der Waals surface area contributed by atoms with E-state index in [1.807, 2.05) is 6.07 Å². The number of hydrogen-bond donors (Lipinski definition) is 2. The van der Waals surface area contributed by atoms with Crippen LogP contribution in [0.2, 0.25) is 0 Å². The van der Waals surface area contributed by atoms with Crippen molar-refractivity contribution >= 4 is 11.6 Å². The molecule has 0 aliphatic carbocycles. The number of aliphatic hydroxyl groups excluding tert-OH is 1. The smallest absolute Gasteiger partial charge is 0.172 e. The highest BCUT2D eigenvalue weighted by Gasteiger charge is 2.48. The van der Waals surface area contributed by atoms with E-state index in [1.165, 1.54) is 0 Å². The second-order valence-electron chi connectivity index (χ2n) is 10.8. The number of methoxy groups -OCH3 is 1. The predicted octanol–water partition coefficient (Wildman–Crippen LogP) is 1.60. The van der Waals surface area contributed by atoms with E-state index in [-0.39, 0.29) is 24.2 Å². The van der Waals surface area contributed by atoms with Gasteiger partial charge in [0.1, 0.15) is 12.3 Å². The van der Waals surface area contributed by atoms with Crippen molar-refractivity contribution < 1.29 is 19.3 Å². The fourth-order valence-electron chi connectivity index (χ4n) is 6.51. The summed E-state index contributed by atoms with van der Waals surface area (Å²) >= 11 is 0. The summed E-state index contributed by atoms with van der Waals surface area (Å²) < 4.78 is 17.5. The molecule has 0 saturated carbocycles. The van der Waals surface area contributed by atoms with Crippen LogP contribution in [0, 0.1) is 11.3 Å². The zero-order valence-electron chi connectivity index (χ0n) is 21.1. The van der Waals surface area contributed by atoms with Gasteiger partial charge in [0.05, 0.1) is 43.9 Å². The van der Waals surface area contributed by atoms with Gasteiger partial charge in [0.25, 0.3) is 0 Å². The molecule has 4 aliphatic heterocycles. The Kier molecular flexibility index (Phi) is 6.23. The fraction of sp³-hybridized carbons (Fsp3) is 0.654. The molecule has 4 atom stereocenters. The molecule has 0 bridgehead atoms. The molecule has 194 valence electrons. The monoisotopic (exact) mass is 496 g/mol. The van der Waals surface area contributed by atoms with Crippen LogP contribution in [-0.4, -0.2) is 84.8 Å². The molecule has 3 fully saturated rings. The number of rotatable bonds is 5. The van der Waals surface area contributed by atoms with Gasteiger partial charge in [-0.05, 0) is 32.3 Å². The minimum Gasteiger partial charge on any atom is -0.487 e. The van der Waals surface area contributed by atoms with Crippen molar-refractivity contribution in [3.05, 3.63) is 24.2 Å². The highest BCUT2D eigenvalue weighted by molar-refractivity contribution is 5.75. The molecule has 4 aliphatic rings. The van der Waals surface area contributed by atoms with Crippen LogP contribution in [0.25, 0.3) is 11.3 Å². The highest BCUT2D eigenvalue weighted by atomic mass is 16.5. The summed E-state index contributed by atoms with van der Waals surface area (Å²) in [5, 5.41) is 10.2. The lowest BCUT2D eigenvalue weighted by molar-refractivity contribution is 0.0973. The number of pyridine rings is 1. The quantitative estimate of drug-likeness (QED) is 0.632. The Hall–Kier alpha value is -2.53. The maximum absolute atomic E-state index is 10.2. The van der Waals surface area contributed by atoms with Gasteiger partial charge in [-0.2, -0.15) is 0 Å². The van der Waals surface area contributed by atoms with Gasteiger partial charge in [0, 0.05) is 55.9 Å². The first-order chi connectivity index (χ1) is 17.5. The van der Waals surface area contributed by atoms with Crippen molar-refractivity contribution in [3.8, 4) is 17.0 Å². The summed E-state index contributed by atoms with van der Waals surface area (Å²) in [5.74, 6) is 2.80. The van der Waals surface area contributed by atoms with E-state index in [4.69, 9.17) is 29.9 Å². The Balaban J connectivity index is 1.24. The Labute approximate surface area is 211 Å². The Morgan fingerprint density at radius 1 is 1.25 bits per heavy atom. The Morgan fingerprint density at radius 2 is 2.08 bits per heavy atom. The molecule has 10 nitrogen and oxygen atoms in total. The lowest BCUT2D eigenvalue weighted by Crippen LogP contribution is -2.51. The largest absolute Gasteiger partial charge is 0.487 e. The number of aromatic nitrogens is 3. The van der Waals surface area contributed by atoms with E-state index >= 15 is 0 Å². The summed E-state index contributed by atoms with van der Waals surface area (Å²) in [4.78, 5) is 18.8. The summed E-state index contributed by atoms with van der Waals surface area (Å²) in [6, 6.07) is 2.29. The van der Waals surface area contributed by atoms with Gasteiger partial charge in [-0.25, -0.2) is 15.0 Å². The molecule has 3 N–H and O–H groups in total. The summed E-state index contributed by atoms with van der Waals surface area (Å²) in [6.07, 6.45) is 6.61. The molecule has 0 amide bonds. The van der Waals surface area contributed by atoms with Crippen LogP contribution in [-0.2, 0) is 16.1 Å². The molecule has 36 heavy (non-hydrogen) atoms. The van der Waals surface area contributed by atoms with Crippen molar-refractivity contribution in [1.82, 2.24) is 15.0 Å². The minimum atomic E-state index is -0.182. The number of nitrogens with zero attached hydrogens (tertiary/aromatic N) is 5. The van der Waals surface area contributed by atoms with E-state index in [2.05, 4.69) is 21.7 Å². The third kappa shape index (κ3) is 3.91. The molecule has 10 heteroatoms. The van der Waals surface area contributed by atoms with Gasteiger partial charge >= 0.3 is 0 Å². The first kappa shape index (κ1) is 23.8. The second kappa shape index (κ2) is 9.41. The first-order valence-electron chi connectivity index (χ1n) is 13.0. The normalized spacial score (nSPS) is 28.8. The summed E-state index contributed by atoms with van der Waals surface area (Å²) in [7, 11) is 1.75. The average molecular weight is 497 g/mol. The van der Waals surface area contributed by atoms with E-state index < -0.39 is 0 Å². The van der Waals surface area contributed by atoms with E-state index in [0.717, 1.165) is 75.1 Å². The van der Waals surface area contributed by atoms with Gasteiger partial charge < -0.3 is 34.9 Å². The third-order valence-electron chi connectivity index (χ3n) is 8.63. The molecule has 2 unspecified atom stereocenters. The molecule has 0 aromatic carbocycles. The lowest BCUT2D eigenvalue weighted by Gasteiger charge is -2.41. The van der Waals surface area contributed by atoms with Crippen molar-refractivity contribution in [2.75, 3.05) is 56.4 Å². The summed E-state index contributed by atoms with van der Waals surface area (Å²) in [6.45, 7) is 6.49. The van der Waals surface area contributed by atoms with Crippen molar-refractivity contribution in [2.45, 2.75) is 51.0 Å². The van der Waals surface area contributed by atoms with Crippen molar-refractivity contribution in [3.63, 3.8) is 0 Å². The molecule has 0 radical (unpaired) electrons. The molecular weight excluding hydrogens is 460 g/mol. The zero-order chi connectivity index (χ0) is 24.9.